The van der Waals surface area contributed by atoms with E-state index in [4.69, 9.17) is 5.26 Å². The van der Waals surface area contributed by atoms with Crippen LogP contribution < -0.4 is 0 Å². The van der Waals surface area contributed by atoms with E-state index in [1.165, 1.54) is 23.4 Å². The van der Waals surface area contributed by atoms with Gasteiger partial charge in [-0.2, -0.15) is 5.26 Å². The molecule has 23 heavy (non-hydrogen) atoms. The second-order valence-corrected chi connectivity index (χ2v) is 6.04. The smallest absolute Gasteiger partial charge is 0.128 e. The number of nitrogens with zero attached hydrogens (tertiary/aromatic N) is 3. The van der Waals surface area contributed by atoms with Crippen LogP contribution in [0.1, 0.15) is 23.2 Å². The molecular formula is C18H14FN3S. The van der Waals surface area contributed by atoms with E-state index in [1.807, 2.05) is 30.5 Å². The molecule has 1 aliphatic rings. The molecule has 0 unspecified atom stereocenters. The molecule has 0 radical (unpaired) electrons. The molecular weight excluding hydrogens is 309 g/mol. The number of dihydropyridines is 1. The first-order valence-electron chi connectivity index (χ1n) is 7.22. The zero-order valence-corrected chi connectivity index (χ0v) is 13.2. The molecule has 1 aliphatic heterocycles. The summed E-state index contributed by atoms with van der Waals surface area (Å²) in [5.41, 5.74) is 3.03. The Kier molecular flexibility index (Phi) is 4.84. The van der Waals surface area contributed by atoms with Crippen molar-refractivity contribution in [3.8, 4) is 6.07 Å². The van der Waals surface area contributed by atoms with Gasteiger partial charge in [0.2, 0.25) is 0 Å². The van der Waals surface area contributed by atoms with Crippen LogP contribution in [0, 0.1) is 17.1 Å². The van der Waals surface area contributed by atoms with Gasteiger partial charge in [-0.3, -0.25) is 4.99 Å². The number of halogens is 1. The van der Waals surface area contributed by atoms with Crippen LogP contribution in [0.5, 0.6) is 0 Å². The highest BCUT2D eigenvalue weighted by molar-refractivity contribution is 7.98. The van der Waals surface area contributed by atoms with Crippen molar-refractivity contribution < 1.29 is 4.39 Å². The Balaban J connectivity index is 1.71. The summed E-state index contributed by atoms with van der Waals surface area (Å²) < 4.78 is 13.9. The number of benzene rings is 1. The number of hydrogen-bond acceptors (Lipinski definition) is 4. The lowest BCUT2D eigenvalue weighted by atomic mass is 10.1. The van der Waals surface area contributed by atoms with Gasteiger partial charge < -0.3 is 0 Å². The molecule has 1 aromatic carbocycles. The molecule has 2 aromatic rings. The predicted octanol–water partition coefficient (Wildman–Crippen LogP) is 4.24. The quantitative estimate of drug-likeness (QED) is 0.791. The van der Waals surface area contributed by atoms with Crippen molar-refractivity contribution in [2.24, 2.45) is 4.99 Å². The fourth-order valence-corrected chi connectivity index (χ4v) is 3.13. The standard InChI is InChI=1S/C18H14FN3S/c19-16-10-13(11-20)4-5-15(16)12-23-18-3-1-2-17(22-18)14-6-8-21-9-7-14/h1-6,9-10H,7-8,12H2. The minimum absolute atomic E-state index is 0.335. The third kappa shape index (κ3) is 3.85. The molecule has 0 amide bonds. The van der Waals surface area contributed by atoms with Crippen molar-refractivity contribution in [3.05, 3.63) is 65.1 Å². The number of aliphatic imine (C=N–C) groups is 1. The maximum Gasteiger partial charge on any atom is 0.128 e. The highest BCUT2D eigenvalue weighted by Crippen LogP contribution is 2.25. The number of rotatable bonds is 4. The maximum absolute atomic E-state index is 13.9. The fourth-order valence-electron chi connectivity index (χ4n) is 2.25. The van der Waals surface area contributed by atoms with Gasteiger partial charge in [-0.1, -0.05) is 18.2 Å². The molecule has 2 heterocycles. The minimum atomic E-state index is -0.348. The third-order valence-electron chi connectivity index (χ3n) is 3.49. The van der Waals surface area contributed by atoms with E-state index in [1.54, 1.807) is 12.1 Å². The zero-order chi connectivity index (χ0) is 16.1. The summed E-state index contributed by atoms with van der Waals surface area (Å²) in [6.45, 7) is 0.699. The molecule has 0 saturated carbocycles. The van der Waals surface area contributed by atoms with Gasteiger partial charge in [0.15, 0.2) is 0 Å². The highest BCUT2D eigenvalue weighted by Gasteiger charge is 2.08. The van der Waals surface area contributed by atoms with Crippen molar-refractivity contribution >= 4 is 23.5 Å². The normalized spacial score (nSPS) is 13.5. The summed E-state index contributed by atoms with van der Waals surface area (Å²) in [6, 6.07) is 12.4. The van der Waals surface area contributed by atoms with E-state index >= 15 is 0 Å². The van der Waals surface area contributed by atoms with Crippen LogP contribution in [0.4, 0.5) is 4.39 Å². The first-order chi connectivity index (χ1) is 11.3. The second-order valence-electron chi connectivity index (χ2n) is 5.05. The van der Waals surface area contributed by atoms with Gasteiger partial charge in [0.05, 0.1) is 28.9 Å². The van der Waals surface area contributed by atoms with E-state index in [-0.39, 0.29) is 5.82 Å². The van der Waals surface area contributed by atoms with Gasteiger partial charge in [0.25, 0.3) is 0 Å². The average molecular weight is 323 g/mol. The van der Waals surface area contributed by atoms with Crippen molar-refractivity contribution in [1.29, 1.82) is 5.26 Å². The van der Waals surface area contributed by atoms with Gasteiger partial charge in [-0.15, -0.1) is 11.8 Å². The lowest BCUT2D eigenvalue weighted by molar-refractivity contribution is 0.617. The van der Waals surface area contributed by atoms with Gasteiger partial charge in [0.1, 0.15) is 5.82 Å². The molecule has 0 bridgehead atoms. The Bertz CT molecular complexity index is 821. The molecule has 114 valence electrons. The van der Waals surface area contributed by atoms with Crippen molar-refractivity contribution in [1.82, 2.24) is 4.98 Å². The summed E-state index contributed by atoms with van der Waals surface area (Å²) in [5, 5.41) is 9.62. The maximum atomic E-state index is 13.9. The van der Waals surface area contributed by atoms with Gasteiger partial charge >= 0.3 is 0 Å². The van der Waals surface area contributed by atoms with Crippen molar-refractivity contribution in [2.45, 2.75) is 17.2 Å². The lowest BCUT2D eigenvalue weighted by Crippen LogP contribution is -1.97. The average Bonchev–Trinajstić information content (AvgIpc) is 2.61. The topological polar surface area (TPSA) is 49.0 Å². The van der Waals surface area contributed by atoms with Gasteiger partial charge in [-0.25, -0.2) is 9.37 Å². The number of aromatic nitrogens is 1. The highest BCUT2D eigenvalue weighted by atomic mass is 32.2. The van der Waals surface area contributed by atoms with Crippen LogP contribution >= 0.6 is 11.8 Å². The Hall–Kier alpha value is -2.45. The van der Waals surface area contributed by atoms with Crippen LogP contribution in [0.3, 0.4) is 0 Å². The minimum Gasteiger partial charge on any atom is -0.293 e. The SMILES string of the molecule is N#Cc1ccc(CSc2cccc(C3=CCN=CC3)n2)c(F)c1. The number of thioether (sulfide) groups is 1. The molecule has 0 atom stereocenters. The number of pyridine rings is 1. The van der Waals surface area contributed by atoms with E-state index in [2.05, 4.69) is 16.1 Å². The Morgan fingerprint density at radius 1 is 1.26 bits per heavy atom. The molecule has 0 aliphatic carbocycles. The molecule has 0 saturated heterocycles. The van der Waals surface area contributed by atoms with E-state index in [0.29, 0.717) is 23.4 Å². The third-order valence-corrected chi connectivity index (χ3v) is 4.47. The number of hydrogen-bond donors (Lipinski definition) is 0. The van der Waals surface area contributed by atoms with E-state index in [9.17, 15) is 4.39 Å². The van der Waals surface area contributed by atoms with Crippen LogP contribution in [0.15, 0.2) is 52.5 Å². The zero-order valence-electron chi connectivity index (χ0n) is 12.4. The summed E-state index contributed by atoms with van der Waals surface area (Å²) >= 11 is 1.48. The van der Waals surface area contributed by atoms with Crippen LogP contribution in [0.2, 0.25) is 0 Å². The second kappa shape index (κ2) is 7.21. The Morgan fingerprint density at radius 2 is 2.17 bits per heavy atom. The monoisotopic (exact) mass is 323 g/mol. The molecule has 3 nitrogen and oxygen atoms in total. The fraction of sp³-hybridized carbons (Fsp3) is 0.167. The summed E-state index contributed by atoms with van der Waals surface area (Å²) in [5.74, 6) is 0.132. The number of nitriles is 1. The first kappa shape index (κ1) is 15.4. The molecule has 0 N–H and O–H groups in total. The molecule has 0 fully saturated rings. The van der Waals surface area contributed by atoms with Crippen molar-refractivity contribution in [3.63, 3.8) is 0 Å². The molecule has 1 aromatic heterocycles. The predicted molar refractivity (Wildman–Crippen MR) is 90.9 cm³/mol. The Morgan fingerprint density at radius 3 is 2.91 bits per heavy atom. The van der Waals surface area contributed by atoms with Crippen LogP contribution in [0.25, 0.3) is 5.57 Å². The lowest BCUT2D eigenvalue weighted by Gasteiger charge is -2.09. The Labute approximate surface area is 138 Å². The summed E-state index contributed by atoms with van der Waals surface area (Å²) in [6.07, 6.45) is 4.78. The van der Waals surface area contributed by atoms with Gasteiger partial charge in [-0.05, 0) is 35.4 Å². The molecule has 0 spiro atoms. The summed E-state index contributed by atoms with van der Waals surface area (Å²) in [7, 11) is 0. The summed E-state index contributed by atoms with van der Waals surface area (Å²) in [4.78, 5) is 8.81. The van der Waals surface area contributed by atoms with Gasteiger partial charge in [0, 0.05) is 18.4 Å². The molecule has 5 heteroatoms. The number of allylic oxidation sites excluding steroid dienone is 1. The van der Waals surface area contributed by atoms with Crippen LogP contribution in [-0.4, -0.2) is 17.7 Å². The first-order valence-corrected chi connectivity index (χ1v) is 8.21. The van der Waals surface area contributed by atoms with E-state index in [0.717, 1.165) is 17.1 Å². The van der Waals surface area contributed by atoms with Crippen LogP contribution in [-0.2, 0) is 5.75 Å². The largest absolute Gasteiger partial charge is 0.293 e. The van der Waals surface area contributed by atoms with E-state index < -0.39 is 0 Å². The molecule has 3 rings (SSSR count). The van der Waals surface area contributed by atoms with Crippen molar-refractivity contribution in [2.75, 3.05) is 6.54 Å².